The highest BCUT2D eigenvalue weighted by Crippen LogP contribution is 2.48. The molecule has 0 saturated heterocycles. The van der Waals surface area contributed by atoms with E-state index in [1.807, 2.05) is 91.0 Å². The Balaban J connectivity index is 1.60. The number of carbonyl (C=O) groups excluding carboxylic acids is 3. The summed E-state index contributed by atoms with van der Waals surface area (Å²) < 4.78 is -0.741. The topological polar surface area (TPSA) is 156 Å². The number of thioether (sulfide) groups is 1. The highest BCUT2D eigenvalue weighted by molar-refractivity contribution is 8.00. The van der Waals surface area contributed by atoms with Crippen LogP contribution in [0, 0.1) is 10.1 Å². The van der Waals surface area contributed by atoms with Gasteiger partial charge in [-0.15, -0.1) is 11.8 Å². The van der Waals surface area contributed by atoms with E-state index in [0.717, 1.165) is 16.7 Å². The lowest BCUT2D eigenvalue weighted by molar-refractivity contribution is -0.384. The molecule has 3 amide bonds. The SMILES string of the molecule is C[C@H](NC(=O)[C@H](CSC(c1ccccc1)(c1ccccc1)c1ccccc1)NC(=O)CN)C(=O)Nc1ccc([N+](=O)[O-])cc1. The minimum Gasteiger partial charge on any atom is -0.343 e. The van der Waals surface area contributed by atoms with Crippen LogP contribution in [0.1, 0.15) is 23.6 Å². The first kappa shape index (κ1) is 31.9. The van der Waals surface area contributed by atoms with Crippen molar-refractivity contribution in [1.82, 2.24) is 10.6 Å². The van der Waals surface area contributed by atoms with Gasteiger partial charge in [-0.3, -0.25) is 24.5 Å². The summed E-state index contributed by atoms with van der Waals surface area (Å²) in [5, 5.41) is 18.9. The molecule has 0 heterocycles. The first-order valence-corrected chi connectivity index (χ1v) is 14.9. The van der Waals surface area contributed by atoms with Crippen LogP contribution in [-0.4, -0.2) is 47.0 Å². The van der Waals surface area contributed by atoms with E-state index in [4.69, 9.17) is 5.73 Å². The van der Waals surface area contributed by atoms with E-state index in [9.17, 15) is 24.5 Å². The van der Waals surface area contributed by atoms with Crippen molar-refractivity contribution in [2.75, 3.05) is 17.6 Å². The van der Waals surface area contributed by atoms with E-state index in [-0.39, 0.29) is 18.0 Å². The van der Waals surface area contributed by atoms with Crippen LogP contribution >= 0.6 is 11.8 Å². The Morgan fingerprint density at radius 2 is 1.25 bits per heavy atom. The molecule has 5 N–H and O–H groups in total. The molecule has 0 aromatic heterocycles. The van der Waals surface area contributed by atoms with Crippen molar-refractivity contribution in [3.05, 3.63) is 142 Å². The number of anilines is 1. The van der Waals surface area contributed by atoms with E-state index >= 15 is 0 Å². The second-order valence-corrected chi connectivity index (χ2v) is 11.2. The first-order chi connectivity index (χ1) is 21.2. The predicted octanol–water partition coefficient (Wildman–Crippen LogP) is 4.21. The largest absolute Gasteiger partial charge is 0.343 e. The maximum atomic E-state index is 13.6. The van der Waals surface area contributed by atoms with Crippen LogP contribution in [0.25, 0.3) is 0 Å². The zero-order chi connectivity index (χ0) is 31.5. The third kappa shape index (κ3) is 7.68. The minimum atomic E-state index is -1.03. The number of nitrogens with one attached hydrogen (secondary N) is 3. The normalized spacial score (nSPS) is 12.4. The standard InChI is InChI=1S/C33H33N5O5S/c1-23(31(40)36-27-17-19-28(20-18-27)38(42)43)35-32(41)29(37-30(39)21-34)22-44-33(24-11-5-2-6-12-24,25-13-7-3-8-14-25)26-15-9-4-10-16-26/h2-20,23,29H,21-22,34H2,1H3,(H,35,41)(H,36,40)(H,37,39)/t23-,29-/m0/s1. The van der Waals surface area contributed by atoms with Gasteiger partial charge in [0.15, 0.2) is 0 Å². The summed E-state index contributed by atoms with van der Waals surface area (Å²) in [6, 6.07) is 33.1. The Labute approximate surface area is 259 Å². The molecule has 0 aliphatic heterocycles. The molecule has 0 aliphatic rings. The fourth-order valence-electron chi connectivity index (χ4n) is 4.71. The van der Waals surface area contributed by atoms with Crippen molar-refractivity contribution in [1.29, 1.82) is 0 Å². The molecule has 0 aliphatic carbocycles. The quantitative estimate of drug-likeness (QED) is 0.100. The Morgan fingerprint density at radius 3 is 1.68 bits per heavy atom. The molecular weight excluding hydrogens is 578 g/mol. The Bertz CT molecular complexity index is 1470. The molecule has 0 saturated carbocycles. The fourth-order valence-corrected chi connectivity index (χ4v) is 6.27. The molecule has 0 fully saturated rings. The third-order valence-corrected chi connectivity index (χ3v) is 8.58. The molecule has 0 spiro atoms. The van der Waals surface area contributed by atoms with Crippen molar-refractivity contribution >= 4 is 40.9 Å². The number of nitrogens with zero attached hydrogens (tertiary/aromatic N) is 1. The van der Waals surface area contributed by atoms with Crippen LogP contribution in [0.15, 0.2) is 115 Å². The number of nitrogens with two attached hydrogens (primary N) is 1. The third-order valence-electron chi connectivity index (χ3n) is 6.94. The van der Waals surface area contributed by atoms with Gasteiger partial charge in [-0.1, -0.05) is 91.0 Å². The summed E-state index contributed by atoms with van der Waals surface area (Å²) in [5.41, 5.74) is 8.77. The zero-order valence-corrected chi connectivity index (χ0v) is 24.8. The molecule has 11 heteroatoms. The second kappa shape index (κ2) is 14.9. The lowest BCUT2D eigenvalue weighted by Gasteiger charge is -2.36. The van der Waals surface area contributed by atoms with Crippen molar-refractivity contribution in [3.63, 3.8) is 0 Å². The Morgan fingerprint density at radius 1 is 0.773 bits per heavy atom. The maximum Gasteiger partial charge on any atom is 0.269 e. The average molecular weight is 612 g/mol. The van der Waals surface area contributed by atoms with Crippen LogP contribution in [0.5, 0.6) is 0 Å². The van der Waals surface area contributed by atoms with E-state index in [1.54, 1.807) is 0 Å². The zero-order valence-electron chi connectivity index (χ0n) is 24.0. The Kier molecular flexibility index (Phi) is 10.8. The first-order valence-electron chi connectivity index (χ1n) is 13.9. The molecule has 2 atom stereocenters. The molecule has 4 aromatic rings. The number of amides is 3. The lowest BCUT2D eigenvalue weighted by atomic mass is 9.84. The van der Waals surface area contributed by atoms with E-state index < -0.39 is 39.5 Å². The number of nitro benzene ring substituents is 1. The van der Waals surface area contributed by atoms with Crippen LogP contribution in [0.4, 0.5) is 11.4 Å². The van der Waals surface area contributed by atoms with Gasteiger partial charge in [-0.05, 0) is 35.7 Å². The van der Waals surface area contributed by atoms with Gasteiger partial charge in [0.2, 0.25) is 17.7 Å². The molecule has 10 nitrogen and oxygen atoms in total. The summed E-state index contributed by atoms with van der Waals surface area (Å²) in [6.45, 7) is 1.20. The molecular formula is C33H33N5O5S. The number of carbonyl (C=O) groups is 3. The summed E-state index contributed by atoms with van der Waals surface area (Å²) in [7, 11) is 0. The van der Waals surface area contributed by atoms with Crippen molar-refractivity contribution in [2.24, 2.45) is 5.73 Å². The molecule has 0 unspecified atom stereocenters. The van der Waals surface area contributed by atoms with E-state index in [2.05, 4.69) is 16.0 Å². The molecule has 44 heavy (non-hydrogen) atoms. The monoisotopic (exact) mass is 611 g/mol. The molecule has 226 valence electrons. The van der Waals surface area contributed by atoms with Crippen LogP contribution in [0.2, 0.25) is 0 Å². The van der Waals surface area contributed by atoms with Gasteiger partial charge in [-0.25, -0.2) is 0 Å². The highest BCUT2D eigenvalue weighted by atomic mass is 32.2. The van der Waals surface area contributed by atoms with Crippen LogP contribution < -0.4 is 21.7 Å². The Hall–Kier alpha value is -5.00. The lowest BCUT2D eigenvalue weighted by Crippen LogP contribution is -2.54. The maximum absolute atomic E-state index is 13.6. The van der Waals surface area contributed by atoms with Gasteiger partial charge >= 0.3 is 0 Å². The number of non-ortho nitro benzene ring substituents is 1. The fraction of sp³-hybridized carbons (Fsp3) is 0.182. The number of hydrogen-bond donors (Lipinski definition) is 4. The number of rotatable bonds is 13. The van der Waals surface area contributed by atoms with Crippen molar-refractivity contribution in [3.8, 4) is 0 Å². The summed E-state index contributed by atoms with van der Waals surface area (Å²) in [6.07, 6.45) is 0. The van der Waals surface area contributed by atoms with E-state index in [1.165, 1.54) is 43.0 Å². The number of benzene rings is 4. The predicted molar refractivity (Wildman–Crippen MR) is 172 cm³/mol. The van der Waals surface area contributed by atoms with Gasteiger partial charge in [0.1, 0.15) is 12.1 Å². The van der Waals surface area contributed by atoms with E-state index in [0.29, 0.717) is 5.69 Å². The molecule has 0 bridgehead atoms. The van der Waals surface area contributed by atoms with Gasteiger partial charge < -0.3 is 21.7 Å². The summed E-state index contributed by atoms with van der Waals surface area (Å²) in [5.74, 6) is -1.46. The van der Waals surface area contributed by atoms with Gasteiger partial charge in [0.05, 0.1) is 16.2 Å². The number of nitro groups is 1. The van der Waals surface area contributed by atoms with Gasteiger partial charge in [0.25, 0.3) is 5.69 Å². The van der Waals surface area contributed by atoms with Crippen molar-refractivity contribution in [2.45, 2.75) is 23.8 Å². The second-order valence-electron chi connectivity index (χ2n) is 9.94. The van der Waals surface area contributed by atoms with Crippen LogP contribution in [0.3, 0.4) is 0 Å². The van der Waals surface area contributed by atoms with Crippen LogP contribution in [-0.2, 0) is 19.1 Å². The smallest absolute Gasteiger partial charge is 0.269 e. The van der Waals surface area contributed by atoms with Crippen molar-refractivity contribution < 1.29 is 19.3 Å². The summed E-state index contributed by atoms with van der Waals surface area (Å²) >= 11 is 1.49. The highest BCUT2D eigenvalue weighted by Gasteiger charge is 2.38. The minimum absolute atomic E-state index is 0.113. The summed E-state index contributed by atoms with van der Waals surface area (Å²) in [4.78, 5) is 49.3. The molecule has 4 aromatic carbocycles. The van der Waals surface area contributed by atoms with Gasteiger partial charge in [0, 0.05) is 23.6 Å². The number of hydrogen-bond acceptors (Lipinski definition) is 7. The average Bonchev–Trinajstić information content (AvgIpc) is 3.06. The molecule has 0 radical (unpaired) electrons. The van der Waals surface area contributed by atoms with Gasteiger partial charge in [-0.2, -0.15) is 0 Å². The molecule has 4 rings (SSSR count).